The topological polar surface area (TPSA) is 76.1 Å². The highest BCUT2D eigenvalue weighted by atomic mass is 32.2. The van der Waals surface area contributed by atoms with Crippen LogP contribution in [-0.4, -0.2) is 31.1 Å². The maximum Gasteiger partial charge on any atom is 0.417 e. The number of hydrogen-bond donors (Lipinski definition) is 1. The Balaban J connectivity index is 1.55. The van der Waals surface area contributed by atoms with Gasteiger partial charge in [-0.3, -0.25) is 9.78 Å². The zero-order chi connectivity index (χ0) is 23.0. The summed E-state index contributed by atoms with van der Waals surface area (Å²) in [5.74, 6) is -1.44. The van der Waals surface area contributed by atoms with E-state index in [1.807, 2.05) is 0 Å². The molecule has 0 bridgehead atoms. The van der Waals surface area contributed by atoms with Gasteiger partial charge in [0.2, 0.25) is 0 Å². The molecule has 1 fully saturated rings. The number of nitrogens with one attached hydrogen (secondary N) is 1. The Morgan fingerprint density at radius 3 is 2.19 bits per heavy atom. The van der Waals surface area contributed by atoms with Gasteiger partial charge >= 0.3 is 12.4 Å². The van der Waals surface area contributed by atoms with Crippen molar-refractivity contribution in [2.75, 3.05) is 5.75 Å². The number of nitrogens with zero attached hydrogens (tertiary/aromatic N) is 1. The molecule has 1 aromatic heterocycles. The molecule has 0 saturated heterocycles. The van der Waals surface area contributed by atoms with Gasteiger partial charge in [-0.25, -0.2) is 8.42 Å². The van der Waals surface area contributed by atoms with E-state index in [4.69, 9.17) is 0 Å². The second kappa shape index (κ2) is 8.13. The lowest BCUT2D eigenvalue weighted by Gasteiger charge is -2.35. The molecule has 1 amide bonds. The minimum absolute atomic E-state index is 0.215. The summed E-state index contributed by atoms with van der Waals surface area (Å²) in [5.41, 5.74) is -2.27. The number of aromatic nitrogens is 1. The van der Waals surface area contributed by atoms with E-state index in [0.717, 1.165) is 30.3 Å². The Bertz CT molecular complexity index is 1060. The van der Waals surface area contributed by atoms with Gasteiger partial charge in [0.05, 0.1) is 21.8 Å². The molecule has 5 nitrogen and oxygen atoms in total. The Labute approximate surface area is 173 Å². The molecule has 2 aromatic rings. The normalized spacial score (nSPS) is 19.5. The molecule has 0 spiro atoms. The van der Waals surface area contributed by atoms with Gasteiger partial charge in [0.25, 0.3) is 5.91 Å². The van der Waals surface area contributed by atoms with Crippen LogP contribution in [0.5, 0.6) is 0 Å². The fourth-order valence-corrected chi connectivity index (χ4v) is 4.89. The van der Waals surface area contributed by atoms with Gasteiger partial charge in [0.1, 0.15) is 5.69 Å². The van der Waals surface area contributed by atoms with E-state index in [0.29, 0.717) is 12.3 Å². The van der Waals surface area contributed by atoms with Gasteiger partial charge in [-0.15, -0.1) is 0 Å². The van der Waals surface area contributed by atoms with Gasteiger partial charge in [0.15, 0.2) is 9.84 Å². The summed E-state index contributed by atoms with van der Waals surface area (Å²) in [7, 11) is -3.96. The summed E-state index contributed by atoms with van der Waals surface area (Å²) in [6.45, 7) is 0. The molecule has 12 heteroatoms. The Morgan fingerprint density at radius 2 is 1.65 bits per heavy atom. The number of halogens is 6. The van der Waals surface area contributed by atoms with E-state index >= 15 is 0 Å². The average Bonchev–Trinajstić information content (AvgIpc) is 2.65. The van der Waals surface area contributed by atoms with Crippen LogP contribution < -0.4 is 5.32 Å². The van der Waals surface area contributed by atoms with E-state index < -0.39 is 50.2 Å². The zero-order valence-electron chi connectivity index (χ0n) is 15.7. The highest BCUT2D eigenvalue weighted by Gasteiger charge is 2.36. The minimum Gasteiger partial charge on any atom is -0.348 e. The third kappa shape index (κ3) is 5.54. The Kier molecular flexibility index (Phi) is 6.05. The van der Waals surface area contributed by atoms with Crippen molar-refractivity contribution in [3.63, 3.8) is 0 Å². The van der Waals surface area contributed by atoms with E-state index in [1.165, 1.54) is 0 Å². The molecule has 31 heavy (non-hydrogen) atoms. The molecule has 3 rings (SSSR count). The minimum atomic E-state index is -4.66. The molecule has 1 aromatic carbocycles. The maximum atomic E-state index is 12.8. The number of rotatable bonds is 5. The first-order chi connectivity index (χ1) is 14.3. The predicted molar refractivity (Wildman–Crippen MR) is 96.7 cm³/mol. The van der Waals surface area contributed by atoms with Crippen molar-refractivity contribution in [2.45, 2.75) is 36.1 Å². The van der Waals surface area contributed by atoms with Gasteiger partial charge in [0, 0.05) is 12.2 Å². The summed E-state index contributed by atoms with van der Waals surface area (Å²) in [6.07, 6.45) is -8.16. The molecule has 1 aliphatic rings. The first kappa shape index (κ1) is 23.0. The number of benzene rings is 1. The van der Waals surface area contributed by atoms with Crippen molar-refractivity contribution >= 4 is 15.7 Å². The molecule has 1 saturated carbocycles. The Hall–Kier alpha value is -2.63. The quantitative estimate of drug-likeness (QED) is 0.674. The zero-order valence-corrected chi connectivity index (χ0v) is 16.5. The number of alkyl halides is 6. The molecule has 1 aliphatic carbocycles. The summed E-state index contributed by atoms with van der Waals surface area (Å²) in [5, 5.41) is 2.55. The van der Waals surface area contributed by atoms with Crippen LogP contribution >= 0.6 is 0 Å². The van der Waals surface area contributed by atoms with Crippen LogP contribution in [0.15, 0.2) is 47.5 Å². The number of hydrogen-bond acceptors (Lipinski definition) is 4. The predicted octanol–water partition coefficient (Wildman–Crippen LogP) is 4.10. The van der Waals surface area contributed by atoms with Gasteiger partial charge in [-0.05, 0) is 49.1 Å². The van der Waals surface area contributed by atoms with Crippen LogP contribution in [0.3, 0.4) is 0 Å². The molecule has 0 atom stereocenters. The third-order valence-electron chi connectivity index (χ3n) is 4.87. The molecular weight excluding hydrogens is 450 g/mol. The number of carbonyl (C=O) groups excluding carboxylic acids is 1. The van der Waals surface area contributed by atoms with Crippen LogP contribution in [0.2, 0.25) is 0 Å². The van der Waals surface area contributed by atoms with Crippen molar-refractivity contribution in [3.05, 3.63) is 59.4 Å². The van der Waals surface area contributed by atoms with Crippen molar-refractivity contribution in [3.8, 4) is 0 Å². The van der Waals surface area contributed by atoms with Crippen LogP contribution in [0, 0.1) is 5.92 Å². The largest absolute Gasteiger partial charge is 0.417 e. The number of carbonyl (C=O) groups is 1. The molecule has 0 aliphatic heterocycles. The van der Waals surface area contributed by atoms with Crippen LogP contribution in [-0.2, 0) is 22.2 Å². The van der Waals surface area contributed by atoms with E-state index in [-0.39, 0.29) is 30.2 Å². The maximum absolute atomic E-state index is 12.8. The number of amides is 1. The molecule has 1 N–H and O–H groups in total. The lowest BCUT2D eigenvalue weighted by atomic mass is 9.81. The van der Waals surface area contributed by atoms with Gasteiger partial charge < -0.3 is 5.32 Å². The number of sulfone groups is 1. The summed E-state index contributed by atoms with van der Waals surface area (Å²) in [4.78, 5) is 15.1. The van der Waals surface area contributed by atoms with Crippen LogP contribution in [0.4, 0.5) is 26.3 Å². The smallest absolute Gasteiger partial charge is 0.348 e. The van der Waals surface area contributed by atoms with E-state index in [9.17, 15) is 39.6 Å². The lowest BCUT2D eigenvalue weighted by molar-refractivity contribution is -0.138. The lowest BCUT2D eigenvalue weighted by Crippen LogP contribution is -2.46. The van der Waals surface area contributed by atoms with E-state index in [2.05, 4.69) is 10.3 Å². The molecule has 0 radical (unpaired) electrons. The highest BCUT2D eigenvalue weighted by Crippen LogP contribution is 2.34. The molecule has 0 unspecified atom stereocenters. The standard InChI is InChI=1S/C19H16F6N2O3S/c20-18(21,22)12-2-1-3-15(8-12)31(29,30)10-11-6-14(7-11)27-17(28)16-5-4-13(9-26-16)19(23,24)25/h1-5,8-9,11,14H,6-7,10H2,(H,27,28). The van der Waals surface area contributed by atoms with Crippen LogP contribution in [0.25, 0.3) is 0 Å². The van der Waals surface area contributed by atoms with Crippen molar-refractivity contribution < 1.29 is 39.6 Å². The third-order valence-corrected chi connectivity index (χ3v) is 6.75. The average molecular weight is 466 g/mol. The fourth-order valence-electron chi connectivity index (χ4n) is 3.22. The SMILES string of the molecule is O=C(NC1CC(CS(=O)(=O)c2cccc(C(F)(F)F)c2)C1)c1ccc(C(F)(F)F)cn1. The van der Waals surface area contributed by atoms with Crippen molar-refractivity contribution in [2.24, 2.45) is 5.92 Å². The second-order valence-electron chi connectivity index (χ2n) is 7.24. The van der Waals surface area contributed by atoms with Crippen molar-refractivity contribution in [1.29, 1.82) is 0 Å². The van der Waals surface area contributed by atoms with Crippen LogP contribution in [0.1, 0.15) is 34.5 Å². The van der Waals surface area contributed by atoms with E-state index in [1.54, 1.807) is 0 Å². The second-order valence-corrected chi connectivity index (χ2v) is 9.28. The van der Waals surface area contributed by atoms with Gasteiger partial charge in [-0.2, -0.15) is 26.3 Å². The van der Waals surface area contributed by atoms with Crippen molar-refractivity contribution in [1.82, 2.24) is 10.3 Å². The highest BCUT2D eigenvalue weighted by molar-refractivity contribution is 7.91. The van der Waals surface area contributed by atoms with Gasteiger partial charge in [-0.1, -0.05) is 6.07 Å². The molecule has 168 valence electrons. The summed E-state index contributed by atoms with van der Waals surface area (Å²) < 4.78 is 101. The molecular formula is C19H16F6N2O3S. The summed E-state index contributed by atoms with van der Waals surface area (Å²) in [6, 6.07) is 4.75. The Morgan fingerprint density at radius 1 is 1.00 bits per heavy atom. The fraction of sp³-hybridized carbons (Fsp3) is 0.368. The first-order valence-electron chi connectivity index (χ1n) is 9.00. The molecule has 1 heterocycles. The number of pyridine rings is 1. The summed E-state index contributed by atoms with van der Waals surface area (Å²) >= 11 is 0. The first-order valence-corrected chi connectivity index (χ1v) is 10.6. The monoisotopic (exact) mass is 466 g/mol.